The molecule has 0 aromatic heterocycles. The summed E-state index contributed by atoms with van der Waals surface area (Å²) >= 11 is 0. The van der Waals surface area contributed by atoms with Gasteiger partial charge in [-0.1, -0.05) is 6.07 Å². The van der Waals surface area contributed by atoms with E-state index in [0.29, 0.717) is 0 Å². The van der Waals surface area contributed by atoms with Crippen LogP contribution in [0.25, 0.3) is 0 Å². The first-order valence-electron chi connectivity index (χ1n) is 4.94. The van der Waals surface area contributed by atoms with Crippen molar-refractivity contribution in [2.75, 3.05) is 18.6 Å². The minimum absolute atomic E-state index is 0.0383. The molecule has 1 amide bonds. The standard InChI is InChI=1S/C11H12FNO3/c1-16-9-4-2-3-8(11(9)12)13-6-7(14)5-10(13)15/h2-4,7,14H,5-6H2,1H3. The molecule has 0 radical (unpaired) electrons. The van der Waals surface area contributed by atoms with Gasteiger partial charge in [0.25, 0.3) is 0 Å². The molecule has 1 saturated heterocycles. The van der Waals surface area contributed by atoms with E-state index in [9.17, 15) is 14.3 Å². The van der Waals surface area contributed by atoms with Crippen molar-refractivity contribution < 1.29 is 19.0 Å². The number of ether oxygens (including phenoxy) is 1. The minimum atomic E-state index is -0.724. The normalized spacial score (nSPS) is 20.3. The third-order valence-electron chi connectivity index (χ3n) is 2.56. The number of methoxy groups -OCH3 is 1. The fourth-order valence-corrected chi connectivity index (χ4v) is 1.79. The van der Waals surface area contributed by atoms with Crippen LogP contribution in [0.2, 0.25) is 0 Å². The fourth-order valence-electron chi connectivity index (χ4n) is 1.79. The molecule has 1 aromatic carbocycles. The zero-order valence-corrected chi connectivity index (χ0v) is 8.81. The number of halogens is 1. The van der Waals surface area contributed by atoms with Crippen molar-refractivity contribution in [1.29, 1.82) is 0 Å². The molecule has 0 saturated carbocycles. The molecule has 1 aromatic rings. The highest BCUT2D eigenvalue weighted by Gasteiger charge is 2.31. The molecule has 1 aliphatic heterocycles. The summed E-state index contributed by atoms with van der Waals surface area (Å²) in [6.07, 6.45) is -0.686. The second kappa shape index (κ2) is 4.09. The maximum absolute atomic E-state index is 13.8. The highest BCUT2D eigenvalue weighted by atomic mass is 19.1. The predicted octanol–water partition coefficient (Wildman–Crippen LogP) is 0.932. The summed E-state index contributed by atoms with van der Waals surface area (Å²) in [5, 5.41) is 9.33. The Kier molecular flexibility index (Phi) is 2.78. The maximum atomic E-state index is 13.8. The van der Waals surface area contributed by atoms with E-state index in [-0.39, 0.29) is 30.3 Å². The van der Waals surface area contributed by atoms with Crippen molar-refractivity contribution >= 4 is 11.6 Å². The largest absolute Gasteiger partial charge is 0.494 e. The number of anilines is 1. The number of hydrogen-bond donors (Lipinski definition) is 1. The molecule has 1 aliphatic rings. The van der Waals surface area contributed by atoms with Gasteiger partial charge in [-0.15, -0.1) is 0 Å². The van der Waals surface area contributed by atoms with E-state index in [1.807, 2.05) is 0 Å². The highest BCUT2D eigenvalue weighted by Crippen LogP contribution is 2.30. The monoisotopic (exact) mass is 225 g/mol. The molecular formula is C11H12FNO3. The second-order valence-corrected chi connectivity index (χ2v) is 3.66. The van der Waals surface area contributed by atoms with Crippen molar-refractivity contribution in [3.8, 4) is 5.75 Å². The molecule has 1 atom stereocenters. The van der Waals surface area contributed by atoms with E-state index in [1.54, 1.807) is 6.07 Å². The molecule has 0 aliphatic carbocycles. The average Bonchev–Trinajstić information content (AvgIpc) is 2.58. The second-order valence-electron chi connectivity index (χ2n) is 3.66. The van der Waals surface area contributed by atoms with Crippen LogP contribution in [-0.2, 0) is 4.79 Å². The van der Waals surface area contributed by atoms with Gasteiger partial charge >= 0.3 is 0 Å². The third-order valence-corrected chi connectivity index (χ3v) is 2.56. The van der Waals surface area contributed by atoms with Gasteiger partial charge in [0, 0.05) is 0 Å². The van der Waals surface area contributed by atoms with E-state index in [1.165, 1.54) is 24.1 Å². The number of rotatable bonds is 2. The number of hydrogen-bond acceptors (Lipinski definition) is 3. The van der Waals surface area contributed by atoms with Crippen LogP contribution < -0.4 is 9.64 Å². The smallest absolute Gasteiger partial charge is 0.229 e. The van der Waals surface area contributed by atoms with Crippen LogP contribution in [0.15, 0.2) is 18.2 Å². The van der Waals surface area contributed by atoms with Gasteiger partial charge in [0.05, 0.1) is 31.9 Å². The molecule has 16 heavy (non-hydrogen) atoms. The van der Waals surface area contributed by atoms with Crippen molar-refractivity contribution in [3.05, 3.63) is 24.0 Å². The summed E-state index contributed by atoms with van der Waals surface area (Å²) in [6.45, 7) is 0.128. The summed E-state index contributed by atoms with van der Waals surface area (Å²) in [5.41, 5.74) is 0.154. The number of amides is 1. The number of aliphatic hydroxyl groups is 1. The summed E-state index contributed by atoms with van der Waals surface area (Å²) < 4.78 is 18.7. The van der Waals surface area contributed by atoms with Crippen LogP contribution in [-0.4, -0.2) is 30.8 Å². The van der Waals surface area contributed by atoms with Gasteiger partial charge in [0.2, 0.25) is 5.91 Å². The van der Waals surface area contributed by atoms with Crippen molar-refractivity contribution in [2.45, 2.75) is 12.5 Å². The molecule has 86 valence electrons. The Bertz CT molecular complexity index is 422. The van der Waals surface area contributed by atoms with Gasteiger partial charge in [0.15, 0.2) is 11.6 Å². The van der Waals surface area contributed by atoms with Crippen LogP contribution in [0.5, 0.6) is 5.75 Å². The van der Waals surface area contributed by atoms with Gasteiger partial charge in [-0.25, -0.2) is 4.39 Å². The van der Waals surface area contributed by atoms with Crippen LogP contribution in [0.3, 0.4) is 0 Å². The number of nitrogens with zero attached hydrogens (tertiary/aromatic N) is 1. The first-order chi connectivity index (χ1) is 7.63. The van der Waals surface area contributed by atoms with E-state index in [0.717, 1.165) is 0 Å². The van der Waals surface area contributed by atoms with Gasteiger partial charge in [-0.2, -0.15) is 0 Å². The van der Waals surface area contributed by atoms with Gasteiger partial charge in [0.1, 0.15) is 0 Å². The Balaban J connectivity index is 2.37. The Labute approximate surface area is 92.2 Å². The van der Waals surface area contributed by atoms with E-state index in [2.05, 4.69) is 0 Å². The van der Waals surface area contributed by atoms with E-state index < -0.39 is 11.9 Å². The Morgan fingerprint density at radius 2 is 2.31 bits per heavy atom. The Morgan fingerprint density at radius 1 is 1.56 bits per heavy atom. The highest BCUT2D eigenvalue weighted by molar-refractivity contribution is 5.96. The lowest BCUT2D eigenvalue weighted by Gasteiger charge is -2.17. The van der Waals surface area contributed by atoms with Crippen LogP contribution in [0.1, 0.15) is 6.42 Å². The molecule has 0 bridgehead atoms. The first kappa shape index (κ1) is 10.9. The summed E-state index contributed by atoms with van der Waals surface area (Å²) in [7, 11) is 1.36. The van der Waals surface area contributed by atoms with Gasteiger partial charge < -0.3 is 14.7 Å². The van der Waals surface area contributed by atoms with E-state index >= 15 is 0 Å². The topological polar surface area (TPSA) is 49.8 Å². The summed E-state index contributed by atoms with van der Waals surface area (Å²) in [4.78, 5) is 12.7. The lowest BCUT2D eigenvalue weighted by Crippen LogP contribution is -2.26. The van der Waals surface area contributed by atoms with Crippen molar-refractivity contribution in [3.63, 3.8) is 0 Å². The number of aliphatic hydroxyl groups excluding tert-OH is 1. The summed E-state index contributed by atoms with van der Waals surface area (Å²) in [5.74, 6) is -0.765. The van der Waals surface area contributed by atoms with Gasteiger partial charge in [-0.05, 0) is 12.1 Å². The van der Waals surface area contributed by atoms with Crippen LogP contribution in [0.4, 0.5) is 10.1 Å². The number of carbonyl (C=O) groups is 1. The van der Waals surface area contributed by atoms with Crippen LogP contribution >= 0.6 is 0 Å². The van der Waals surface area contributed by atoms with Crippen LogP contribution in [0, 0.1) is 5.82 Å². The number of β-amino-alcohol motifs (C(OH)–C–C–N with tert-alkyl or cyclic N) is 1. The first-order valence-corrected chi connectivity index (χ1v) is 4.94. The maximum Gasteiger partial charge on any atom is 0.229 e. The SMILES string of the molecule is COc1cccc(N2CC(O)CC2=O)c1F. The van der Waals surface area contributed by atoms with Crippen molar-refractivity contribution in [1.82, 2.24) is 0 Å². The zero-order chi connectivity index (χ0) is 11.7. The molecular weight excluding hydrogens is 213 g/mol. The molecule has 4 nitrogen and oxygen atoms in total. The van der Waals surface area contributed by atoms with E-state index in [4.69, 9.17) is 4.74 Å². The predicted molar refractivity (Wildman–Crippen MR) is 55.9 cm³/mol. The molecule has 1 N–H and O–H groups in total. The minimum Gasteiger partial charge on any atom is -0.494 e. The number of benzene rings is 1. The number of carbonyl (C=O) groups excluding carboxylic acids is 1. The molecule has 0 spiro atoms. The quantitative estimate of drug-likeness (QED) is 0.814. The average molecular weight is 225 g/mol. The molecule has 2 rings (SSSR count). The molecule has 1 heterocycles. The molecule has 5 heteroatoms. The Morgan fingerprint density at radius 3 is 2.88 bits per heavy atom. The zero-order valence-electron chi connectivity index (χ0n) is 8.81. The van der Waals surface area contributed by atoms with Gasteiger partial charge in [-0.3, -0.25) is 4.79 Å². The Hall–Kier alpha value is -1.62. The molecule has 1 fully saturated rings. The fraction of sp³-hybridized carbons (Fsp3) is 0.364. The lowest BCUT2D eigenvalue weighted by molar-refractivity contribution is -0.117. The lowest BCUT2D eigenvalue weighted by atomic mass is 10.2. The third kappa shape index (κ3) is 1.74. The molecule has 1 unspecified atom stereocenters. The summed E-state index contributed by atoms with van der Waals surface area (Å²) in [6, 6.07) is 4.58. The van der Waals surface area contributed by atoms with Crippen molar-refractivity contribution in [2.24, 2.45) is 0 Å².